The SMILES string of the molecule is c1ccc(-c2nc(-c3ccccc3)nc(-c3ccc(-c4nc(-c5ccccc5)nc(-c5cccc(-c6nc(-c7ccccc7)nc(C7CC8CCC7C8)n6)c5)n4)cc3)n2)cc1. The van der Waals surface area contributed by atoms with Crippen LogP contribution in [0.1, 0.15) is 37.4 Å². The average Bonchev–Trinajstić information content (AvgIpc) is 4.00. The molecule has 3 unspecified atom stereocenters. The molecule has 2 fully saturated rings. The van der Waals surface area contributed by atoms with Gasteiger partial charge >= 0.3 is 0 Å². The van der Waals surface area contributed by atoms with Gasteiger partial charge in [0.2, 0.25) is 0 Å². The minimum atomic E-state index is 0.360. The lowest BCUT2D eigenvalue weighted by Gasteiger charge is -2.21. The maximum Gasteiger partial charge on any atom is 0.164 e. The van der Waals surface area contributed by atoms with E-state index in [-0.39, 0.29) is 0 Å². The Balaban J connectivity index is 0.978. The zero-order valence-corrected chi connectivity index (χ0v) is 33.3. The van der Waals surface area contributed by atoms with Crippen molar-refractivity contribution in [1.82, 2.24) is 44.9 Å². The van der Waals surface area contributed by atoms with E-state index < -0.39 is 0 Å². The lowest BCUT2D eigenvalue weighted by molar-refractivity contribution is 0.405. The lowest BCUT2D eigenvalue weighted by atomic mass is 9.88. The van der Waals surface area contributed by atoms with Gasteiger partial charge in [0.15, 0.2) is 46.6 Å². The molecular formula is C52H39N9. The Bertz CT molecular complexity index is 2920. The maximum atomic E-state index is 5.18. The predicted molar refractivity (Wildman–Crippen MR) is 238 cm³/mol. The molecule has 0 amide bonds. The molecule has 9 heteroatoms. The third-order valence-corrected chi connectivity index (χ3v) is 11.9. The number of fused-ring (bicyclic) bond motifs is 2. The van der Waals surface area contributed by atoms with E-state index in [0.29, 0.717) is 58.4 Å². The largest absolute Gasteiger partial charge is 0.213 e. The molecule has 0 saturated heterocycles. The van der Waals surface area contributed by atoms with Crippen LogP contribution in [0.25, 0.3) is 91.1 Å². The van der Waals surface area contributed by atoms with Gasteiger partial charge in [0.1, 0.15) is 5.82 Å². The van der Waals surface area contributed by atoms with E-state index >= 15 is 0 Å². The highest BCUT2D eigenvalue weighted by Gasteiger charge is 2.42. The summed E-state index contributed by atoms with van der Waals surface area (Å²) in [6.45, 7) is 0. The van der Waals surface area contributed by atoms with Crippen molar-refractivity contribution in [3.8, 4) is 91.1 Å². The first-order valence-corrected chi connectivity index (χ1v) is 20.9. The molecule has 0 radical (unpaired) electrons. The van der Waals surface area contributed by atoms with E-state index in [1.807, 2.05) is 146 Å². The Labute approximate surface area is 353 Å². The summed E-state index contributed by atoms with van der Waals surface area (Å²) in [7, 11) is 0. The first kappa shape index (κ1) is 36.4. The summed E-state index contributed by atoms with van der Waals surface area (Å²) in [6.07, 6.45) is 5.00. The molecule has 3 heterocycles. The third-order valence-electron chi connectivity index (χ3n) is 11.9. The molecule has 2 saturated carbocycles. The van der Waals surface area contributed by atoms with Crippen molar-refractivity contribution in [2.24, 2.45) is 11.8 Å². The summed E-state index contributed by atoms with van der Waals surface area (Å²) >= 11 is 0. The number of hydrogen-bond donors (Lipinski definition) is 0. The van der Waals surface area contributed by atoms with Crippen molar-refractivity contribution in [3.05, 3.63) is 176 Å². The number of rotatable bonds is 9. The van der Waals surface area contributed by atoms with E-state index in [1.165, 1.54) is 19.3 Å². The van der Waals surface area contributed by atoms with Crippen LogP contribution < -0.4 is 0 Å². The number of nitrogens with zero attached hydrogens (tertiary/aromatic N) is 9. The highest BCUT2D eigenvalue weighted by Crippen LogP contribution is 2.52. The minimum Gasteiger partial charge on any atom is -0.213 e. The second-order valence-electron chi connectivity index (χ2n) is 15.9. The van der Waals surface area contributed by atoms with Gasteiger partial charge in [-0.25, -0.2) is 44.9 Å². The second-order valence-corrected chi connectivity index (χ2v) is 15.9. The van der Waals surface area contributed by atoms with Crippen LogP contribution in [0.15, 0.2) is 170 Å². The van der Waals surface area contributed by atoms with Crippen LogP contribution in [0.2, 0.25) is 0 Å². The molecule has 6 aromatic carbocycles. The highest BCUT2D eigenvalue weighted by atomic mass is 15.1. The van der Waals surface area contributed by atoms with Gasteiger partial charge in [0.25, 0.3) is 0 Å². The first-order chi connectivity index (χ1) is 30.2. The van der Waals surface area contributed by atoms with Crippen LogP contribution in [0, 0.1) is 11.8 Å². The van der Waals surface area contributed by atoms with Crippen molar-refractivity contribution in [2.75, 3.05) is 0 Å². The van der Waals surface area contributed by atoms with Crippen LogP contribution in [0.4, 0.5) is 0 Å². The molecule has 11 rings (SSSR count). The summed E-state index contributed by atoms with van der Waals surface area (Å²) in [6, 6.07) is 56.5. The first-order valence-electron chi connectivity index (χ1n) is 20.9. The van der Waals surface area contributed by atoms with Crippen LogP contribution in [-0.2, 0) is 0 Å². The lowest BCUT2D eigenvalue weighted by Crippen LogP contribution is -2.14. The monoisotopic (exact) mass is 789 g/mol. The van der Waals surface area contributed by atoms with Crippen molar-refractivity contribution in [2.45, 2.75) is 31.6 Å². The van der Waals surface area contributed by atoms with Crippen molar-refractivity contribution in [1.29, 1.82) is 0 Å². The maximum absolute atomic E-state index is 5.18. The van der Waals surface area contributed by atoms with E-state index in [2.05, 4.69) is 24.3 Å². The molecule has 292 valence electrons. The van der Waals surface area contributed by atoms with Gasteiger partial charge in [-0.05, 0) is 37.2 Å². The van der Waals surface area contributed by atoms with E-state index in [4.69, 9.17) is 44.9 Å². The third kappa shape index (κ3) is 7.46. The zero-order chi connectivity index (χ0) is 40.5. The van der Waals surface area contributed by atoms with Crippen LogP contribution in [-0.4, -0.2) is 44.9 Å². The fraction of sp³-hybridized carbons (Fsp3) is 0.135. The predicted octanol–water partition coefficient (Wildman–Crippen LogP) is 11.5. The van der Waals surface area contributed by atoms with Gasteiger partial charge in [0, 0.05) is 50.4 Å². The summed E-state index contributed by atoms with van der Waals surface area (Å²) in [4.78, 5) is 45.2. The second kappa shape index (κ2) is 15.8. The summed E-state index contributed by atoms with van der Waals surface area (Å²) < 4.78 is 0. The molecule has 2 bridgehead atoms. The normalized spacial score (nSPS) is 16.8. The average molecular weight is 790 g/mol. The zero-order valence-electron chi connectivity index (χ0n) is 33.3. The molecule has 2 aliphatic rings. The number of benzene rings is 6. The Kier molecular flexibility index (Phi) is 9.46. The molecule has 61 heavy (non-hydrogen) atoms. The molecular weight excluding hydrogens is 751 g/mol. The van der Waals surface area contributed by atoms with E-state index in [9.17, 15) is 0 Å². The van der Waals surface area contributed by atoms with Gasteiger partial charge in [-0.15, -0.1) is 0 Å². The molecule has 2 aliphatic carbocycles. The molecule has 0 aliphatic heterocycles. The van der Waals surface area contributed by atoms with Crippen molar-refractivity contribution >= 4 is 0 Å². The van der Waals surface area contributed by atoms with Gasteiger partial charge in [0.05, 0.1) is 0 Å². The summed E-state index contributed by atoms with van der Waals surface area (Å²) in [5.74, 6) is 7.53. The quantitative estimate of drug-likeness (QED) is 0.141. The van der Waals surface area contributed by atoms with E-state index in [0.717, 1.165) is 62.7 Å². The number of aromatic nitrogens is 9. The standard InChI is InChI=1S/C52H39N9/c1-5-14-34(15-6-1)44-53-45(35-16-7-2-8-17-35)55-48(54-44)38-26-28-39(29-27-38)49-56-46(36-18-9-3-10-19-36)57-50(59-49)41-22-13-23-42(32-41)51-58-47(37-20-11-4-12-21-37)60-52(61-51)43-31-33-24-25-40(43)30-33/h1-23,26-29,32-33,40,43H,24-25,30-31H2. The van der Waals surface area contributed by atoms with Crippen molar-refractivity contribution < 1.29 is 0 Å². The van der Waals surface area contributed by atoms with E-state index in [1.54, 1.807) is 0 Å². The van der Waals surface area contributed by atoms with Gasteiger partial charge in [-0.2, -0.15) is 0 Å². The smallest absolute Gasteiger partial charge is 0.164 e. The van der Waals surface area contributed by atoms with Crippen LogP contribution >= 0.6 is 0 Å². The summed E-state index contributed by atoms with van der Waals surface area (Å²) in [5, 5.41) is 0. The van der Waals surface area contributed by atoms with Crippen molar-refractivity contribution in [3.63, 3.8) is 0 Å². The Morgan fingerprint density at radius 2 is 0.590 bits per heavy atom. The molecule has 0 N–H and O–H groups in total. The minimum absolute atomic E-state index is 0.360. The Morgan fingerprint density at radius 3 is 0.934 bits per heavy atom. The molecule has 3 atom stereocenters. The fourth-order valence-electron chi connectivity index (χ4n) is 8.82. The van der Waals surface area contributed by atoms with Gasteiger partial charge in [-0.3, -0.25) is 0 Å². The Hall–Kier alpha value is -7.65. The highest BCUT2D eigenvalue weighted by molar-refractivity contribution is 5.73. The molecule has 3 aromatic heterocycles. The van der Waals surface area contributed by atoms with Gasteiger partial charge < -0.3 is 0 Å². The molecule has 0 spiro atoms. The Morgan fingerprint density at radius 1 is 0.279 bits per heavy atom. The van der Waals surface area contributed by atoms with Gasteiger partial charge in [-0.1, -0.05) is 170 Å². The molecule has 9 aromatic rings. The molecule has 9 nitrogen and oxygen atoms in total. The topological polar surface area (TPSA) is 116 Å². The fourth-order valence-corrected chi connectivity index (χ4v) is 8.82. The van der Waals surface area contributed by atoms with Crippen LogP contribution in [0.3, 0.4) is 0 Å². The summed E-state index contributed by atoms with van der Waals surface area (Å²) in [5.41, 5.74) is 7.13. The number of hydrogen-bond acceptors (Lipinski definition) is 9. The van der Waals surface area contributed by atoms with Crippen LogP contribution in [0.5, 0.6) is 0 Å².